The summed E-state index contributed by atoms with van der Waals surface area (Å²) in [6.45, 7) is 11.1. The van der Waals surface area contributed by atoms with Gasteiger partial charge in [0.25, 0.3) is 0 Å². The van der Waals surface area contributed by atoms with Crippen molar-refractivity contribution in [2.75, 3.05) is 33.9 Å². The van der Waals surface area contributed by atoms with E-state index in [-0.39, 0.29) is 11.0 Å². The Kier molecular flexibility index (Phi) is 6.41. The van der Waals surface area contributed by atoms with Gasteiger partial charge in [-0.2, -0.15) is 0 Å². The average Bonchev–Trinajstić information content (AvgIpc) is 2.13. The van der Waals surface area contributed by atoms with E-state index in [1.807, 2.05) is 7.05 Å². The Morgan fingerprint density at radius 1 is 1.13 bits per heavy atom. The molecule has 1 N–H and O–H groups in total. The summed E-state index contributed by atoms with van der Waals surface area (Å²) in [5, 5.41) is 3.17. The summed E-state index contributed by atoms with van der Waals surface area (Å²) in [7, 11) is 3.71. The molecule has 0 aromatic carbocycles. The lowest BCUT2D eigenvalue weighted by molar-refractivity contribution is -0.0208. The molecule has 0 aliphatic heterocycles. The molecule has 0 aliphatic rings. The molecule has 0 radical (unpaired) electrons. The molecule has 15 heavy (non-hydrogen) atoms. The highest BCUT2D eigenvalue weighted by molar-refractivity contribution is 4.71. The number of nitrogens with one attached hydrogen (secondary N) is 1. The Labute approximate surface area is 94.5 Å². The zero-order chi connectivity index (χ0) is 11.9. The van der Waals surface area contributed by atoms with Crippen LogP contribution in [-0.4, -0.2) is 39.5 Å². The summed E-state index contributed by atoms with van der Waals surface area (Å²) in [5.74, 6) is 0. The van der Waals surface area contributed by atoms with Gasteiger partial charge in [-0.1, -0.05) is 13.8 Å². The second kappa shape index (κ2) is 6.46. The van der Waals surface area contributed by atoms with Crippen LogP contribution in [0.25, 0.3) is 0 Å². The maximum atomic E-state index is 5.67. The molecule has 0 fully saturated rings. The minimum atomic E-state index is -0.0762. The van der Waals surface area contributed by atoms with Gasteiger partial charge in [0, 0.05) is 25.7 Å². The van der Waals surface area contributed by atoms with Crippen molar-refractivity contribution >= 4 is 0 Å². The van der Waals surface area contributed by atoms with Crippen LogP contribution in [0.5, 0.6) is 0 Å². The summed E-state index contributed by atoms with van der Waals surface area (Å²) in [6, 6.07) is 0. The van der Waals surface area contributed by atoms with Crippen LogP contribution in [0.4, 0.5) is 0 Å². The molecular weight excluding hydrogens is 190 g/mol. The first-order chi connectivity index (χ1) is 6.83. The summed E-state index contributed by atoms with van der Waals surface area (Å²) >= 11 is 0. The van der Waals surface area contributed by atoms with Crippen LogP contribution in [0.3, 0.4) is 0 Å². The predicted octanol–water partition coefficient (Wildman–Crippen LogP) is 2.06. The van der Waals surface area contributed by atoms with Crippen molar-refractivity contribution in [3.05, 3.63) is 0 Å². The molecule has 3 heteroatoms. The quantitative estimate of drug-likeness (QED) is 0.631. The van der Waals surface area contributed by atoms with Crippen LogP contribution in [0.1, 0.15) is 34.1 Å². The largest absolute Gasteiger partial charge is 0.381 e. The van der Waals surface area contributed by atoms with Gasteiger partial charge in [-0.05, 0) is 27.3 Å². The zero-order valence-corrected chi connectivity index (χ0v) is 11.1. The number of rotatable bonds is 8. The third-order valence-electron chi connectivity index (χ3n) is 2.55. The average molecular weight is 217 g/mol. The maximum absolute atomic E-state index is 5.67. The molecule has 0 atom stereocenters. The van der Waals surface area contributed by atoms with Gasteiger partial charge < -0.3 is 14.8 Å². The standard InChI is InChI=1S/C12H27NO2/c1-11(2,9-13-5)10-15-8-7-12(3,4)14-6/h13H,7-10H2,1-6H3. The van der Waals surface area contributed by atoms with Gasteiger partial charge in [-0.25, -0.2) is 0 Å². The molecule has 0 aromatic rings. The molecule has 0 saturated carbocycles. The summed E-state index contributed by atoms with van der Waals surface area (Å²) in [6.07, 6.45) is 0.930. The van der Waals surface area contributed by atoms with Gasteiger partial charge in [-0.3, -0.25) is 0 Å². The van der Waals surface area contributed by atoms with Crippen molar-refractivity contribution < 1.29 is 9.47 Å². The summed E-state index contributed by atoms with van der Waals surface area (Å²) in [4.78, 5) is 0. The van der Waals surface area contributed by atoms with Gasteiger partial charge in [0.2, 0.25) is 0 Å². The first kappa shape index (κ1) is 14.9. The summed E-state index contributed by atoms with van der Waals surface area (Å²) in [5.41, 5.74) is 0.124. The number of methoxy groups -OCH3 is 1. The van der Waals surface area contributed by atoms with Crippen LogP contribution < -0.4 is 5.32 Å². The lowest BCUT2D eigenvalue weighted by Crippen LogP contribution is -2.32. The van der Waals surface area contributed by atoms with Gasteiger partial charge in [0.15, 0.2) is 0 Å². The van der Waals surface area contributed by atoms with E-state index in [1.54, 1.807) is 7.11 Å². The van der Waals surface area contributed by atoms with Crippen molar-refractivity contribution in [2.24, 2.45) is 5.41 Å². The topological polar surface area (TPSA) is 30.5 Å². The fourth-order valence-corrected chi connectivity index (χ4v) is 1.30. The molecule has 3 nitrogen and oxygen atoms in total. The molecule has 0 aliphatic carbocycles. The predicted molar refractivity (Wildman–Crippen MR) is 64.2 cm³/mol. The molecule has 0 aromatic heterocycles. The summed E-state index contributed by atoms with van der Waals surface area (Å²) < 4.78 is 11.0. The highest BCUT2D eigenvalue weighted by Crippen LogP contribution is 2.16. The van der Waals surface area contributed by atoms with Crippen LogP contribution >= 0.6 is 0 Å². The Balaban J connectivity index is 3.62. The smallest absolute Gasteiger partial charge is 0.0644 e. The Hall–Kier alpha value is -0.120. The normalized spacial score (nSPS) is 13.2. The van der Waals surface area contributed by atoms with E-state index >= 15 is 0 Å². The first-order valence-corrected chi connectivity index (χ1v) is 5.60. The van der Waals surface area contributed by atoms with E-state index in [4.69, 9.17) is 9.47 Å². The third kappa shape index (κ3) is 7.77. The Morgan fingerprint density at radius 2 is 1.73 bits per heavy atom. The molecule has 0 heterocycles. The first-order valence-electron chi connectivity index (χ1n) is 5.60. The second-order valence-corrected chi connectivity index (χ2v) is 5.46. The van der Waals surface area contributed by atoms with Gasteiger partial charge in [0.05, 0.1) is 12.2 Å². The van der Waals surface area contributed by atoms with E-state index < -0.39 is 0 Å². The molecule has 0 saturated heterocycles. The SMILES string of the molecule is CNCC(C)(C)COCCC(C)(C)OC. The van der Waals surface area contributed by atoms with Crippen molar-refractivity contribution in [1.29, 1.82) is 0 Å². The van der Waals surface area contributed by atoms with Crippen LogP contribution in [0.2, 0.25) is 0 Å². The van der Waals surface area contributed by atoms with Gasteiger partial charge in [-0.15, -0.1) is 0 Å². The van der Waals surface area contributed by atoms with Gasteiger partial charge >= 0.3 is 0 Å². The minimum Gasteiger partial charge on any atom is -0.381 e. The van der Waals surface area contributed by atoms with Crippen molar-refractivity contribution in [3.8, 4) is 0 Å². The molecule has 0 rings (SSSR count). The van der Waals surface area contributed by atoms with Crippen molar-refractivity contribution in [1.82, 2.24) is 5.32 Å². The number of hydrogen-bond acceptors (Lipinski definition) is 3. The Morgan fingerprint density at radius 3 is 2.20 bits per heavy atom. The molecule has 0 unspecified atom stereocenters. The lowest BCUT2D eigenvalue weighted by Gasteiger charge is -2.26. The zero-order valence-electron chi connectivity index (χ0n) is 11.1. The van der Waals surface area contributed by atoms with E-state index in [1.165, 1.54) is 0 Å². The maximum Gasteiger partial charge on any atom is 0.0644 e. The molecular formula is C12H27NO2. The van der Waals surface area contributed by atoms with Crippen molar-refractivity contribution in [2.45, 2.75) is 39.7 Å². The minimum absolute atomic E-state index is 0.0762. The van der Waals surface area contributed by atoms with E-state index in [9.17, 15) is 0 Å². The highest BCUT2D eigenvalue weighted by atomic mass is 16.5. The van der Waals surface area contributed by atoms with E-state index in [0.29, 0.717) is 0 Å². The molecule has 0 bridgehead atoms. The molecule has 0 spiro atoms. The third-order valence-corrected chi connectivity index (χ3v) is 2.55. The van der Waals surface area contributed by atoms with Crippen LogP contribution in [0.15, 0.2) is 0 Å². The highest BCUT2D eigenvalue weighted by Gasteiger charge is 2.19. The van der Waals surface area contributed by atoms with E-state index in [2.05, 4.69) is 33.0 Å². The number of hydrogen-bond donors (Lipinski definition) is 1. The second-order valence-electron chi connectivity index (χ2n) is 5.46. The fourth-order valence-electron chi connectivity index (χ4n) is 1.30. The fraction of sp³-hybridized carbons (Fsp3) is 1.00. The monoisotopic (exact) mass is 217 g/mol. The Bertz CT molecular complexity index is 167. The molecule has 0 amide bonds. The number of ether oxygens (including phenoxy) is 2. The van der Waals surface area contributed by atoms with Crippen LogP contribution in [-0.2, 0) is 9.47 Å². The van der Waals surface area contributed by atoms with Gasteiger partial charge in [0.1, 0.15) is 0 Å². The van der Waals surface area contributed by atoms with Crippen molar-refractivity contribution in [3.63, 3.8) is 0 Å². The van der Waals surface area contributed by atoms with Crippen LogP contribution in [0, 0.1) is 5.41 Å². The molecule has 92 valence electrons. The lowest BCUT2D eigenvalue weighted by atomic mass is 9.95. The van der Waals surface area contributed by atoms with E-state index in [0.717, 1.165) is 26.2 Å².